The summed E-state index contributed by atoms with van der Waals surface area (Å²) in [5, 5.41) is 11.0. The second kappa shape index (κ2) is 8.56. The van der Waals surface area contributed by atoms with Crippen LogP contribution in [0.25, 0.3) is 0 Å². The van der Waals surface area contributed by atoms with E-state index in [0.717, 1.165) is 25.7 Å². The molecule has 0 unspecified atom stereocenters. The third kappa shape index (κ3) is 4.58. The smallest absolute Gasteiger partial charge is 0.194 e. The van der Waals surface area contributed by atoms with Crippen LogP contribution in [0.1, 0.15) is 52.5 Å². The summed E-state index contributed by atoms with van der Waals surface area (Å²) in [5.41, 5.74) is 0.624. The SMILES string of the molecule is CC(C)(C)[Si](C)(C)O[C@](C)(C#C[C@H]1[C@@H]2CC3(OCCO3)[C@@H]2CC[C@@H]1O)Cc1ccccc1. The van der Waals surface area contributed by atoms with Gasteiger partial charge in [0.15, 0.2) is 14.1 Å². The number of rotatable bonds is 4. The summed E-state index contributed by atoms with van der Waals surface area (Å²) in [6.45, 7) is 14.9. The molecule has 3 fully saturated rings. The molecule has 0 aromatic heterocycles. The fraction of sp³-hybridized carbons (Fsp3) is 0.704. The van der Waals surface area contributed by atoms with Crippen molar-refractivity contribution < 1.29 is 19.0 Å². The van der Waals surface area contributed by atoms with Crippen LogP contribution in [0.3, 0.4) is 0 Å². The lowest BCUT2D eigenvalue weighted by molar-refractivity contribution is -0.296. The lowest BCUT2D eigenvalue weighted by atomic mass is 9.56. The van der Waals surface area contributed by atoms with Crippen LogP contribution in [0.5, 0.6) is 0 Å². The van der Waals surface area contributed by atoms with Gasteiger partial charge in [-0.25, -0.2) is 0 Å². The summed E-state index contributed by atoms with van der Waals surface area (Å²) in [6.07, 6.45) is 2.89. The molecule has 5 atom stereocenters. The third-order valence-corrected chi connectivity index (χ3v) is 12.8. The number of benzene rings is 1. The topological polar surface area (TPSA) is 47.9 Å². The normalized spacial score (nSPS) is 31.2. The van der Waals surface area contributed by atoms with Crippen molar-refractivity contribution in [3.8, 4) is 11.8 Å². The highest BCUT2D eigenvalue weighted by Crippen LogP contribution is 2.57. The van der Waals surface area contributed by atoms with Crippen molar-refractivity contribution in [2.45, 2.75) is 89.0 Å². The van der Waals surface area contributed by atoms with Gasteiger partial charge in [-0.1, -0.05) is 62.9 Å². The molecule has 1 aromatic rings. The van der Waals surface area contributed by atoms with Crippen molar-refractivity contribution in [1.82, 2.24) is 0 Å². The van der Waals surface area contributed by atoms with Crippen molar-refractivity contribution in [3.05, 3.63) is 35.9 Å². The molecule has 1 spiro atoms. The maximum atomic E-state index is 10.9. The van der Waals surface area contributed by atoms with Crippen LogP contribution in [0.15, 0.2) is 30.3 Å². The molecule has 2 saturated carbocycles. The molecule has 1 saturated heterocycles. The van der Waals surface area contributed by atoms with E-state index in [1.807, 2.05) is 6.07 Å². The Labute approximate surface area is 195 Å². The van der Waals surface area contributed by atoms with Crippen molar-refractivity contribution >= 4 is 8.32 Å². The minimum absolute atomic E-state index is 0.0507. The van der Waals surface area contributed by atoms with Crippen molar-refractivity contribution in [3.63, 3.8) is 0 Å². The van der Waals surface area contributed by atoms with E-state index in [2.05, 4.69) is 76.9 Å². The molecule has 0 bridgehead atoms. The van der Waals surface area contributed by atoms with Gasteiger partial charge in [-0.05, 0) is 49.4 Å². The summed E-state index contributed by atoms with van der Waals surface area (Å²) < 4.78 is 18.9. The Kier molecular flexibility index (Phi) is 6.41. The number of hydrogen-bond acceptors (Lipinski definition) is 4. The zero-order valence-corrected chi connectivity index (χ0v) is 21.6. The van der Waals surface area contributed by atoms with Crippen LogP contribution in [0.4, 0.5) is 0 Å². The predicted molar refractivity (Wildman–Crippen MR) is 130 cm³/mol. The van der Waals surface area contributed by atoms with E-state index in [1.54, 1.807) is 0 Å². The number of ether oxygens (including phenoxy) is 2. The second-order valence-corrected chi connectivity index (χ2v) is 16.4. The van der Waals surface area contributed by atoms with E-state index in [1.165, 1.54) is 5.56 Å². The van der Waals surface area contributed by atoms with Gasteiger partial charge in [0.05, 0.1) is 19.3 Å². The van der Waals surface area contributed by atoms with Crippen LogP contribution < -0.4 is 0 Å². The van der Waals surface area contributed by atoms with Crippen molar-refractivity contribution in [2.24, 2.45) is 17.8 Å². The summed E-state index contributed by atoms with van der Waals surface area (Å²) in [5.74, 6) is 7.30. The Morgan fingerprint density at radius 3 is 2.38 bits per heavy atom. The third-order valence-electron chi connectivity index (χ3n) is 8.20. The molecule has 2 aliphatic carbocycles. The van der Waals surface area contributed by atoms with Crippen LogP contribution in [-0.4, -0.2) is 44.1 Å². The maximum Gasteiger partial charge on any atom is 0.194 e. The number of hydrogen-bond donors (Lipinski definition) is 1. The lowest BCUT2D eigenvalue weighted by Gasteiger charge is -2.56. The van der Waals surface area contributed by atoms with Crippen LogP contribution in [-0.2, 0) is 20.3 Å². The zero-order valence-electron chi connectivity index (χ0n) is 20.6. The molecule has 5 heteroatoms. The second-order valence-electron chi connectivity index (χ2n) is 11.7. The van der Waals surface area contributed by atoms with E-state index in [4.69, 9.17) is 13.9 Å². The Morgan fingerprint density at radius 2 is 1.75 bits per heavy atom. The Morgan fingerprint density at radius 1 is 1.09 bits per heavy atom. The van der Waals surface area contributed by atoms with Gasteiger partial charge in [-0.2, -0.15) is 0 Å². The fourth-order valence-electron chi connectivity index (χ4n) is 5.46. The molecule has 3 aliphatic rings. The van der Waals surface area contributed by atoms with Gasteiger partial charge in [-0.15, -0.1) is 0 Å². The van der Waals surface area contributed by atoms with Crippen LogP contribution in [0.2, 0.25) is 18.1 Å². The van der Waals surface area contributed by atoms with Crippen molar-refractivity contribution in [1.29, 1.82) is 0 Å². The monoisotopic (exact) mass is 456 g/mol. The summed E-state index contributed by atoms with van der Waals surface area (Å²) in [4.78, 5) is 0. The highest BCUT2D eigenvalue weighted by Gasteiger charge is 2.62. The Bertz CT molecular complexity index is 859. The fourth-order valence-corrected chi connectivity index (χ4v) is 7.02. The highest BCUT2D eigenvalue weighted by molar-refractivity contribution is 6.74. The molecule has 1 aromatic carbocycles. The molecular formula is C27H40O4Si. The predicted octanol–water partition coefficient (Wildman–Crippen LogP) is 5.16. The Balaban J connectivity index is 1.59. The average molecular weight is 457 g/mol. The summed E-state index contributed by atoms with van der Waals surface area (Å²) in [7, 11) is -2.05. The standard InChI is InChI=1S/C27H40O4Si/c1-25(2,3)32(5,6)31-26(4,18-20-10-8-7-9-11-20)15-14-21-22-19-27(29-16-17-30-27)23(22)12-13-24(21)28/h7-11,21-24,28H,12-13,16-19H2,1-6H3/t21-,22-,23+,24-,26+/m0/s1. The summed E-state index contributed by atoms with van der Waals surface area (Å²) in [6, 6.07) is 10.5. The van der Waals surface area contributed by atoms with Crippen LogP contribution in [0, 0.1) is 29.6 Å². The van der Waals surface area contributed by atoms with Gasteiger partial charge >= 0.3 is 0 Å². The average Bonchev–Trinajstić information content (AvgIpc) is 3.18. The van der Waals surface area contributed by atoms with Crippen molar-refractivity contribution in [2.75, 3.05) is 13.2 Å². The molecule has 1 N–H and O–H groups in total. The maximum absolute atomic E-state index is 10.9. The zero-order chi connectivity index (χ0) is 23.2. The number of aliphatic hydroxyl groups excluding tert-OH is 1. The number of fused-ring (bicyclic) bond motifs is 2. The molecule has 4 rings (SSSR count). The van der Waals surface area contributed by atoms with E-state index >= 15 is 0 Å². The minimum Gasteiger partial charge on any atom is -0.401 e. The van der Waals surface area contributed by atoms with E-state index in [-0.39, 0.29) is 11.0 Å². The first-order chi connectivity index (χ1) is 14.9. The van der Waals surface area contributed by atoms with E-state index in [9.17, 15) is 5.11 Å². The quantitative estimate of drug-likeness (QED) is 0.502. The first kappa shape index (κ1) is 24.0. The largest absolute Gasteiger partial charge is 0.401 e. The number of aliphatic hydroxyl groups is 1. The molecule has 0 radical (unpaired) electrons. The van der Waals surface area contributed by atoms with Gasteiger partial charge in [-0.3, -0.25) is 0 Å². The lowest BCUT2D eigenvalue weighted by Crippen LogP contribution is -2.60. The van der Waals surface area contributed by atoms with Gasteiger partial charge < -0.3 is 19.0 Å². The molecule has 1 aliphatic heterocycles. The Hall–Kier alpha value is -1.16. The molecule has 4 nitrogen and oxygen atoms in total. The van der Waals surface area contributed by atoms with Gasteiger partial charge in [0.2, 0.25) is 0 Å². The molecule has 1 heterocycles. The highest BCUT2D eigenvalue weighted by atomic mass is 28.4. The van der Waals surface area contributed by atoms with Gasteiger partial charge in [0.1, 0.15) is 5.60 Å². The molecular weight excluding hydrogens is 416 g/mol. The van der Waals surface area contributed by atoms with E-state index in [0.29, 0.717) is 25.0 Å². The van der Waals surface area contributed by atoms with Gasteiger partial charge in [0, 0.05) is 24.7 Å². The molecule has 32 heavy (non-hydrogen) atoms. The van der Waals surface area contributed by atoms with Gasteiger partial charge in [0.25, 0.3) is 0 Å². The molecule has 176 valence electrons. The minimum atomic E-state index is -2.05. The first-order valence-electron chi connectivity index (χ1n) is 12.2. The molecule has 0 amide bonds. The van der Waals surface area contributed by atoms with E-state index < -0.39 is 25.8 Å². The van der Waals surface area contributed by atoms with Crippen LogP contribution >= 0.6 is 0 Å². The summed E-state index contributed by atoms with van der Waals surface area (Å²) >= 11 is 0. The first-order valence-corrected chi connectivity index (χ1v) is 15.1.